The molecule has 0 rings (SSSR count). The van der Waals surface area contributed by atoms with Crippen molar-refractivity contribution in [3.05, 3.63) is 0 Å². The fourth-order valence-electron chi connectivity index (χ4n) is 6.60. The van der Waals surface area contributed by atoms with Crippen LogP contribution in [0.5, 0.6) is 0 Å². The van der Waals surface area contributed by atoms with Crippen LogP contribution in [0.4, 0.5) is 4.79 Å². The summed E-state index contributed by atoms with van der Waals surface area (Å²) in [5.74, 6) is -2.89. The van der Waals surface area contributed by atoms with E-state index < -0.39 is 48.4 Å². The zero-order chi connectivity index (χ0) is 44.0. The first kappa shape index (κ1) is 56.5. The monoisotopic (exact) mass is 859 g/mol. The number of alkyl carbamates (subject to hydrolysis) is 1. The summed E-state index contributed by atoms with van der Waals surface area (Å²) in [6.45, 7) is 8.50. The van der Waals surface area contributed by atoms with Gasteiger partial charge >= 0.3 is 24.0 Å². The van der Waals surface area contributed by atoms with Crippen LogP contribution in [0.1, 0.15) is 214 Å². The highest BCUT2D eigenvalue weighted by molar-refractivity contribution is 7.99. The number of ether oxygens (including phenoxy) is 3. The summed E-state index contributed by atoms with van der Waals surface area (Å²) in [7, 11) is 0. The minimum absolute atomic E-state index is 0.0390. The zero-order valence-electron chi connectivity index (χ0n) is 37.9. The number of thioether (sulfide) groups is 1. The van der Waals surface area contributed by atoms with Gasteiger partial charge in [-0.25, -0.2) is 9.59 Å². The Kier molecular flexibility index (Phi) is 36.7. The Morgan fingerprint density at radius 3 is 1.36 bits per heavy atom. The number of aliphatic hydroxyl groups is 1. The number of rotatable bonds is 40. The van der Waals surface area contributed by atoms with Crippen molar-refractivity contribution < 1.29 is 48.4 Å². The van der Waals surface area contributed by atoms with Crippen LogP contribution < -0.4 is 10.6 Å². The number of nitrogens with one attached hydrogen (secondary N) is 2. The molecule has 12 nitrogen and oxygen atoms in total. The van der Waals surface area contributed by atoms with Gasteiger partial charge in [0.1, 0.15) is 30.4 Å². The molecule has 3 atom stereocenters. The van der Waals surface area contributed by atoms with Crippen molar-refractivity contribution in [2.24, 2.45) is 0 Å². The molecular formula is C46H86N2O10S. The van der Waals surface area contributed by atoms with Crippen LogP contribution in [0.2, 0.25) is 0 Å². The Morgan fingerprint density at radius 2 is 0.966 bits per heavy atom. The number of carboxylic acids is 1. The molecule has 0 aromatic carbocycles. The number of amides is 2. The molecule has 3 unspecified atom stereocenters. The van der Waals surface area contributed by atoms with Gasteiger partial charge in [-0.3, -0.25) is 14.4 Å². The number of hydrogen-bond donors (Lipinski definition) is 4. The van der Waals surface area contributed by atoms with Crippen molar-refractivity contribution in [3.8, 4) is 0 Å². The molecule has 0 aromatic rings. The standard InChI is InChI=1S/C46H86N2O10S/c1-6-8-10-12-14-16-18-20-22-24-26-28-30-32-41(50)56-35-38(57-42(51)33-31-29-27-25-23-21-19-17-15-13-11-9-7-2)36-59-37-40(48-45(55)58-46(3,4)5)43(52)47-39(34-49)44(53)54/h38-40,49H,6-37H2,1-5H3,(H,47,52)(H,48,55)(H,53,54). The number of esters is 2. The summed E-state index contributed by atoms with van der Waals surface area (Å²) in [6.07, 6.45) is 30.1. The number of hydrogen-bond acceptors (Lipinski definition) is 10. The molecular weight excluding hydrogens is 773 g/mol. The van der Waals surface area contributed by atoms with E-state index in [1.54, 1.807) is 20.8 Å². The lowest BCUT2D eigenvalue weighted by Crippen LogP contribution is -2.54. The molecule has 0 fully saturated rings. The summed E-state index contributed by atoms with van der Waals surface area (Å²) in [4.78, 5) is 62.7. The second kappa shape index (κ2) is 38.4. The van der Waals surface area contributed by atoms with Crippen LogP contribution in [0.3, 0.4) is 0 Å². The SMILES string of the molecule is CCCCCCCCCCCCCCCC(=O)OCC(CSCC(NC(=O)OC(C)(C)C)C(=O)NC(CO)C(=O)O)OC(=O)CCCCCCCCCCCCCCC. The van der Waals surface area contributed by atoms with E-state index in [0.29, 0.717) is 6.42 Å². The number of unbranched alkanes of at least 4 members (excludes halogenated alkanes) is 24. The van der Waals surface area contributed by atoms with Crippen LogP contribution in [-0.4, -0.2) is 88.6 Å². The van der Waals surface area contributed by atoms with Gasteiger partial charge in [0.2, 0.25) is 5.91 Å². The molecule has 0 bridgehead atoms. The minimum Gasteiger partial charge on any atom is -0.480 e. The normalized spacial score (nSPS) is 13.0. The first-order chi connectivity index (χ1) is 28.3. The number of carbonyl (C=O) groups is 5. The molecule has 0 aliphatic rings. The first-order valence-electron chi connectivity index (χ1n) is 23.4. The lowest BCUT2D eigenvalue weighted by atomic mass is 10.0. The predicted octanol–water partition coefficient (Wildman–Crippen LogP) is 10.6. The molecule has 2 amide bonds. The molecule has 0 radical (unpaired) electrons. The second-order valence-electron chi connectivity index (χ2n) is 17.1. The molecule has 4 N–H and O–H groups in total. The Labute approximate surface area is 362 Å². The predicted molar refractivity (Wildman–Crippen MR) is 239 cm³/mol. The number of carbonyl (C=O) groups excluding carboxylic acids is 4. The maximum Gasteiger partial charge on any atom is 0.408 e. The van der Waals surface area contributed by atoms with Gasteiger partial charge in [0.25, 0.3) is 0 Å². The van der Waals surface area contributed by atoms with Crippen LogP contribution in [-0.2, 0) is 33.4 Å². The molecule has 0 aromatic heterocycles. The molecule has 0 aliphatic carbocycles. The Balaban J connectivity index is 5.00. The van der Waals surface area contributed by atoms with Crippen LogP contribution in [0.25, 0.3) is 0 Å². The molecule has 0 saturated heterocycles. The molecule has 0 aliphatic heterocycles. The molecule has 59 heavy (non-hydrogen) atoms. The number of aliphatic carboxylic acids is 1. The lowest BCUT2D eigenvalue weighted by Gasteiger charge is -2.24. The quantitative estimate of drug-likeness (QED) is 0.0262. The Bertz CT molecular complexity index is 1090. The molecule has 13 heteroatoms. The van der Waals surface area contributed by atoms with Gasteiger partial charge < -0.3 is 35.1 Å². The number of carboxylic acid groups (broad SMARTS) is 1. The summed E-state index contributed by atoms with van der Waals surface area (Å²) in [6, 6.07) is -2.80. The van der Waals surface area contributed by atoms with Crippen LogP contribution in [0, 0.1) is 0 Å². The van der Waals surface area contributed by atoms with Crippen LogP contribution in [0.15, 0.2) is 0 Å². The molecule has 0 saturated carbocycles. The van der Waals surface area contributed by atoms with Crippen molar-refractivity contribution >= 4 is 41.7 Å². The van der Waals surface area contributed by atoms with E-state index in [1.165, 1.54) is 127 Å². The van der Waals surface area contributed by atoms with Crippen LogP contribution >= 0.6 is 11.8 Å². The first-order valence-corrected chi connectivity index (χ1v) is 24.5. The van der Waals surface area contributed by atoms with E-state index in [4.69, 9.17) is 14.2 Å². The second-order valence-corrected chi connectivity index (χ2v) is 18.2. The van der Waals surface area contributed by atoms with E-state index in [2.05, 4.69) is 24.5 Å². The van der Waals surface area contributed by atoms with E-state index >= 15 is 0 Å². The summed E-state index contributed by atoms with van der Waals surface area (Å²) in [5, 5.41) is 23.4. The van der Waals surface area contributed by atoms with Gasteiger partial charge in [0, 0.05) is 24.3 Å². The summed E-state index contributed by atoms with van der Waals surface area (Å²) >= 11 is 1.17. The van der Waals surface area contributed by atoms with Crippen molar-refractivity contribution in [2.45, 2.75) is 238 Å². The fraction of sp³-hybridized carbons (Fsp3) is 0.891. The minimum atomic E-state index is -1.57. The topological polar surface area (TPSA) is 178 Å². The maximum atomic E-state index is 13.0. The third kappa shape index (κ3) is 37.0. The average molecular weight is 859 g/mol. The van der Waals surface area contributed by atoms with E-state index in [1.807, 2.05) is 0 Å². The van der Waals surface area contributed by atoms with Gasteiger partial charge in [-0.15, -0.1) is 0 Å². The van der Waals surface area contributed by atoms with E-state index in [0.717, 1.165) is 44.9 Å². The van der Waals surface area contributed by atoms with Gasteiger partial charge in [-0.1, -0.05) is 168 Å². The highest BCUT2D eigenvalue weighted by Gasteiger charge is 2.29. The van der Waals surface area contributed by atoms with Gasteiger partial charge in [-0.05, 0) is 33.6 Å². The maximum absolute atomic E-state index is 13.0. The van der Waals surface area contributed by atoms with E-state index in [9.17, 15) is 34.2 Å². The molecule has 0 heterocycles. The van der Waals surface area contributed by atoms with Crippen molar-refractivity contribution in [3.63, 3.8) is 0 Å². The Hall–Kier alpha value is -2.54. The summed E-state index contributed by atoms with van der Waals surface area (Å²) < 4.78 is 16.6. The fourth-order valence-corrected chi connectivity index (χ4v) is 7.63. The van der Waals surface area contributed by atoms with Crippen molar-refractivity contribution in [1.82, 2.24) is 10.6 Å². The van der Waals surface area contributed by atoms with Gasteiger partial charge in [0.15, 0.2) is 0 Å². The number of aliphatic hydroxyl groups excluding tert-OH is 1. The highest BCUT2D eigenvalue weighted by Crippen LogP contribution is 2.17. The molecule has 346 valence electrons. The van der Waals surface area contributed by atoms with E-state index in [-0.39, 0.29) is 42.9 Å². The smallest absolute Gasteiger partial charge is 0.408 e. The lowest BCUT2D eigenvalue weighted by molar-refractivity contribution is -0.157. The van der Waals surface area contributed by atoms with Gasteiger partial charge in [0.05, 0.1) is 6.61 Å². The van der Waals surface area contributed by atoms with Crippen molar-refractivity contribution in [2.75, 3.05) is 24.7 Å². The molecule has 0 spiro atoms. The Morgan fingerprint density at radius 1 is 0.559 bits per heavy atom. The van der Waals surface area contributed by atoms with Crippen molar-refractivity contribution in [1.29, 1.82) is 0 Å². The van der Waals surface area contributed by atoms with Gasteiger partial charge in [-0.2, -0.15) is 11.8 Å². The zero-order valence-corrected chi connectivity index (χ0v) is 38.7. The third-order valence-electron chi connectivity index (χ3n) is 10.1. The average Bonchev–Trinajstić information content (AvgIpc) is 3.18. The highest BCUT2D eigenvalue weighted by atomic mass is 32.2. The largest absolute Gasteiger partial charge is 0.480 e. The summed E-state index contributed by atoms with van der Waals surface area (Å²) in [5.41, 5.74) is -0.851. The third-order valence-corrected chi connectivity index (χ3v) is 11.3.